The van der Waals surface area contributed by atoms with Crippen molar-refractivity contribution in [3.05, 3.63) is 242 Å². The first-order valence-corrected chi connectivity index (χ1v) is 21.9. The van der Waals surface area contributed by atoms with Crippen LogP contribution >= 0.6 is 0 Å². The zero-order valence-electron chi connectivity index (χ0n) is 35.3. The lowest BCUT2D eigenvalue weighted by Gasteiger charge is -2.28. The summed E-state index contributed by atoms with van der Waals surface area (Å²) in [5.74, 6) is 0. The lowest BCUT2D eigenvalue weighted by Crippen LogP contribution is -2.16. The monoisotopic (exact) mass is 804 g/mol. The Hall–Kier alpha value is -7.94. The Morgan fingerprint density at radius 1 is 0.381 bits per heavy atom. The van der Waals surface area contributed by atoms with Crippen molar-refractivity contribution in [3.8, 4) is 50.3 Å². The largest absolute Gasteiger partial charge is 0.310 e. The third-order valence-corrected chi connectivity index (χ3v) is 13.4. The van der Waals surface area contributed by atoms with E-state index in [4.69, 9.17) is 0 Å². The third-order valence-electron chi connectivity index (χ3n) is 13.4. The van der Waals surface area contributed by atoms with Crippen LogP contribution in [-0.4, -0.2) is 4.57 Å². The Bertz CT molecular complexity index is 3500. The number of nitrogens with zero attached hydrogens (tertiary/aromatic N) is 2. The van der Waals surface area contributed by atoms with Crippen LogP contribution in [0.25, 0.3) is 82.8 Å². The first kappa shape index (κ1) is 36.9. The van der Waals surface area contributed by atoms with Crippen LogP contribution in [0.2, 0.25) is 0 Å². The molecule has 0 N–H and O–H groups in total. The molecule has 0 unspecified atom stereocenters. The topological polar surface area (TPSA) is 8.17 Å². The van der Waals surface area contributed by atoms with Gasteiger partial charge >= 0.3 is 0 Å². The molecule has 1 aliphatic rings. The molecule has 1 aliphatic carbocycles. The van der Waals surface area contributed by atoms with E-state index in [1.807, 2.05) is 0 Å². The van der Waals surface area contributed by atoms with Crippen molar-refractivity contribution in [2.75, 3.05) is 4.90 Å². The summed E-state index contributed by atoms with van der Waals surface area (Å²) in [4.78, 5) is 2.44. The fraction of sp³-hybridized carbons (Fsp3) is 0.0492. The fourth-order valence-electron chi connectivity index (χ4n) is 10.4. The van der Waals surface area contributed by atoms with E-state index in [1.54, 1.807) is 0 Å². The maximum absolute atomic E-state index is 2.45. The molecule has 0 atom stereocenters. The first-order chi connectivity index (χ1) is 31.0. The zero-order chi connectivity index (χ0) is 42.1. The zero-order valence-corrected chi connectivity index (χ0v) is 35.3. The lowest BCUT2D eigenvalue weighted by molar-refractivity contribution is 0.660. The van der Waals surface area contributed by atoms with Crippen molar-refractivity contribution in [1.29, 1.82) is 0 Å². The van der Waals surface area contributed by atoms with E-state index in [0.29, 0.717) is 0 Å². The van der Waals surface area contributed by atoms with Crippen LogP contribution in [0.15, 0.2) is 231 Å². The summed E-state index contributed by atoms with van der Waals surface area (Å²) in [7, 11) is 0. The Balaban J connectivity index is 1.08. The molecule has 11 aromatic rings. The molecule has 2 heteroatoms. The van der Waals surface area contributed by atoms with Crippen LogP contribution < -0.4 is 4.90 Å². The second kappa shape index (κ2) is 14.6. The molecule has 1 aromatic heterocycles. The van der Waals surface area contributed by atoms with Gasteiger partial charge in [-0.3, -0.25) is 0 Å². The van der Waals surface area contributed by atoms with E-state index >= 15 is 0 Å². The number of hydrogen-bond donors (Lipinski definition) is 0. The molecule has 2 nitrogen and oxygen atoms in total. The summed E-state index contributed by atoms with van der Waals surface area (Å²) in [5.41, 5.74) is 18.2. The molecule has 0 saturated heterocycles. The average Bonchev–Trinajstić information content (AvgIpc) is 3.81. The lowest BCUT2D eigenvalue weighted by atomic mass is 9.82. The molecule has 0 radical (unpaired) electrons. The van der Waals surface area contributed by atoms with Gasteiger partial charge in [0.05, 0.1) is 11.2 Å². The minimum atomic E-state index is -0.128. The van der Waals surface area contributed by atoms with Gasteiger partial charge in [-0.25, -0.2) is 0 Å². The number of hydrogen-bond acceptors (Lipinski definition) is 1. The van der Waals surface area contributed by atoms with Crippen molar-refractivity contribution in [2.45, 2.75) is 19.3 Å². The molecule has 0 amide bonds. The van der Waals surface area contributed by atoms with Gasteiger partial charge in [-0.2, -0.15) is 0 Å². The van der Waals surface area contributed by atoms with Crippen LogP contribution in [0.4, 0.5) is 17.1 Å². The number of anilines is 3. The second-order valence-corrected chi connectivity index (χ2v) is 17.3. The molecule has 12 rings (SSSR count). The van der Waals surface area contributed by atoms with Gasteiger partial charge in [0, 0.05) is 39.1 Å². The van der Waals surface area contributed by atoms with Crippen LogP contribution in [0.3, 0.4) is 0 Å². The molecule has 10 aromatic carbocycles. The molecule has 298 valence electrons. The van der Waals surface area contributed by atoms with Crippen molar-refractivity contribution in [2.24, 2.45) is 0 Å². The van der Waals surface area contributed by atoms with Crippen molar-refractivity contribution >= 4 is 49.5 Å². The molecular formula is C61H44N2. The van der Waals surface area contributed by atoms with Gasteiger partial charge < -0.3 is 9.47 Å². The van der Waals surface area contributed by atoms with E-state index in [9.17, 15) is 0 Å². The Morgan fingerprint density at radius 3 is 1.78 bits per heavy atom. The van der Waals surface area contributed by atoms with Gasteiger partial charge in [-0.15, -0.1) is 0 Å². The minimum absolute atomic E-state index is 0.128. The maximum atomic E-state index is 2.45. The van der Waals surface area contributed by atoms with Crippen LogP contribution in [0.5, 0.6) is 0 Å². The predicted molar refractivity (Wildman–Crippen MR) is 267 cm³/mol. The quantitative estimate of drug-likeness (QED) is 0.156. The maximum Gasteiger partial charge on any atom is 0.0619 e. The normalized spacial score (nSPS) is 12.7. The summed E-state index contributed by atoms with van der Waals surface area (Å²) in [6, 6.07) is 84.6. The van der Waals surface area contributed by atoms with Gasteiger partial charge in [0.15, 0.2) is 0 Å². The Morgan fingerprint density at radius 2 is 0.984 bits per heavy atom. The molecule has 0 fully saturated rings. The number of fused-ring (bicyclic) bond motifs is 7. The fourth-order valence-corrected chi connectivity index (χ4v) is 10.4. The van der Waals surface area contributed by atoms with E-state index in [0.717, 1.165) is 22.7 Å². The summed E-state index contributed by atoms with van der Waals surface area (Å²) in [5, 5.41) is 6.17. The van der Waals surface area contributed by atoms with E-state index in [2.05, 4.69) is 254 Å². The van der Waals surface area contributed by atoms with Gasteiger partial charge in [-0.1, -0.05) is 190 Å². The molecule has 1 heterocycles. The van der Waals surface area contributed by atoms with Crippen molar-refractivity contribution < 1.29 is 0 Å². The highest BCUT2D eigenvalue weighted by Gasteiger charge is 2.36. The predicted octanol–water partition coefficient (Wildman–Crippen LogP) is 16.7. The van der Waals surface area contributed by atoms with Crippen molar-refractivity contribution in [3.63, 3.8) is 0 Å². The Labute approximate surface area is 368 Å². The van der Waals surface area contributed by atoms with Gasteiger partial charge in [-0.05, 0) is 121 Å². The van der Waals surface area contributed by atoms with Crippen LogP contribution in [0.1, 0.15) is 25.0 Å². The van der Waals surface area contributed by atoms with E-state index in [-0.39, 0.29) is 5.41 Å². The number of benzene rings is 10. The van der Waals surface area contributed by atoms with Gasteiger partial charge in [0.1, 0.15) is 0 Å². The van der Waals surface area contributed by atoms with Gasteiger partial charge in [0.2, 0.25) is 0 Å². The highest BCUT2D eigenvalue weighted by Crippen LogP contribution is 2.51. The number of aromatic nitrogens is 1. The van der Waals surface area contributed by atoms with E-state index < -0.39 is 0 Å². The molecular weight excluding hydrogens is 761 g/mol. The number of rotatable bonds is 7. The summed E-state index contributed by atoms with van der Waals surface area (Å²) < 4.78 is 2.45. The molecule has 0 bridgehead atoms. The SMILES string of the molecule is CC1(C)c2ccccc2-c2ccc(N(c3ccc(-c4cccc5ccccc45)cc3)c3ccc4c(ccc5c4c(-c4ccccc4)c(-c4ccccc4)n5-c4ccccc4)c3)cc21. The highest BCUT2D eigenvalue weighted by molar-refractivity contribution is 6.19. The molecule has 0 aliphatic heterocycles. The van der Waals surface area contributed by atoms with Crippen molar-refractivity contribution in [1.82, 2.24) is 4.57 Å². The van der Waals surface area contributed by atoms with Crippen LogP contribution in [-0.2, 0) is 5.41 Å². The smallest absolute Gasteiger partial charge is 0.0619 e. The number of para-hydroxylation sites is 1. The third kappa shape index (κ3) is 5.94. The van der Waals surface area contributed by atoms with Crippen LogP contribution in [0, 0.1) is 0 Å². The molecule has 0 spiro atoms. The summed E-state index contributed by atoms with van der Waals surface area (Å²) in [6.45, 7) is 4.73. The van der Waals surface area contributed by atoms with E-state index in [1.165, 1.54) is 88.2 Å². The molecule has 63 heavy (non-hydrogen) atoms. The molecule has 0 saturated carbocycles. The standard InChI is InChI=1S/C61H44N2/c1-61(2)55-28-15-14-26-53(55)54-37-35-49(40-56(54)61)62(47-32-29-42(30-33-47)51-27-16-22-41-17-12-13-25-50(41)51)48-34-36-52-45(39-48)31-38-57-59(52)58(43-18-6-3-7-19-43)60(44-20-8-4-9-21-44)63(57)46-23-10-5-11-24-46/h3-40H,1-2H3. The summed E-state index contributed by atoms with van der Waals surface area (Å²) in [6.07, 6.45) is 0. The minimum Gasteiger partial charge on any atom is -0.310 e. The first-order valence-electron chi connectivity index (χ1n) is 21.9. The van der Waals surface area contributed by atoms with Gasteiger partial charge in [0.25, 0.3) is 0 Å². The summed E-state index contributed by atoms with van der Waals surface area (Å²) >= 11 is 0. The Kier molecular flexibility index (Phi) is 8.55. The average molecular weight is 805 g/mol. The second-order valence-electron chi connectivity index (χ2n) is 17.3. The highest BCUT2D eigenvalue weighted by atomic mass is 15.1.